The Morgan fingerprint density at radius 3 is 1.06 bits per heavy atom. The summed E-state index contributed by atoms with van der Waals surface area (Å²) >= 11 is 0. The summed E-state index contributed by atoms with van der Waals surface area (Å²) in [5.74, 6) is -4.67. The van der Waals surface area contributed by atoms with Gasteiger partial charge in [-0.25, -0.2) is 9.59 Å². The van der Waals surface area contributed by atoms with Crippen molar-refractivity contribution < 1.29 is 39.6 Å². The second-order valence-corrected chi connectivity index (χ2v) is 2.30. The third kappa shape index (κ3) is 31.3. The first-order chi connectivity index (χ1) is 7.25. The molecule has 17 heavy (non-hydrogen) atoms. The van der Waals surface area contributed by atoms with Gasteiger partial charge in [0.1, 0.15) is 0 Å². The number of carboxylic acids is 4. The quantitative estimate of drug-likeness (QED) is 0.344. The van der Waals surface area contributed by atoms with E-state index >= 15 is 0 Å². The fourth-order valence-corrected chi connectivity index (χ4v) is 0.356. The van der Waals surface area contributed by atoms with Crippen molar-refractivity contribution in [3.8, 4) is 0 Å². The third-order valence-electron chi connectivity index (χ3n) is 0.921. The minimum atomic E-state index is -1.26. The molecule has 0 aliphatic heterocycles. The molecule has 0 aromatic rings. The van der Waals surface area contributed by atoms with Gasteiger partial charge >= 0.3 is 72.8 Å². The van der Waals surface area contributed by atoms with E-state index in [0.717, 1.165) is 0 Å². The van der Waals surface area contributed by atoms with Gasteiger partial charge in [-0.2, -0.15) is 0 Å². The van der Waals surface area contributed by atoms with Gasteiger partial charge in [-0.15, -0.1) is 0 Å². The molecule has 0 radical (unpaired) electrons. The van der Waals surface area contributed by atoms with Crippen LogP contribution in [0.3, 0.4) is 0 Å². The zero-order valence-corrected chi connectivity index (χ0v) is 7.99. The van der Waals surface area contributed by atoms with Gasteiger partial charge in [0.25, 0.3) is 0 Å². The van der Waals surface area contributed by atoms with Gasteiger partial charge in [0, 0.05) is 12.2 Å². The third-order valence-corrected chi connectivity index (χ3v) is 0.921. The SMILES string of the molecule is O=C(O)/C=C\C(=O)O.O=C(O)CCC(=O)O.[BaH2]. The van der Waals surface area contributed by atoms with Crippen LogP contribution in [0.5, 0.6) is 0 Å². The summed E-state index contributed by atoms with van der Waals surface area (Å²) in [6.07, 6.45) is 0.523. The number of hydrogen-bond acceptors (Lipinski definition) is 4. The fourth-order valence-electron chi connectivity index (χ4n) is 0.356. The predicted molar refractivity (Wildman–Crippen MR) is 57.5 cm³/mol. The van der Waals surface area contributed by atoms with Crippen LogP contribution in [0, 0.1) is 0 Å². The van der Waals surface area contributed by atoms with Gasteiger partial charge in [-0.3, -0.25) is 9.59 Å². The van der Waals surface area contributed by atoms with E-state index < -0.39 is 23.9 Å². The topological polar surface area (TPSA) is 149 Å². The number of carboxylic acid groups (broad SMARTS) is 4. The van der Waals surface area contributed by atoms with Crippen molar-refractivity contribution in [2.45, 2.75) is 12.8 Å². The molecule has 0 saturated heterocycles. The molecule has 0 amide bonds. The molecule has 0 aliphatic rings. The maximum atomic E-state index is 9.64. The number of rotatable bonds is 5. The van der Waals surface area contributed by atoms with Gasteiger partial charge in [0.15, 0.2) is 0 Å². The van der Waals surface area contributed by atoms with Crippen LogP contribution >= 0.6 is 0 Å². The summed E-state index contributed by atoms with van der Waals surface area (Å²) in [5, 5.41) is 31.4. The normalized spacial score (nSPS) is 8.47. The summed E-state index contributed by atoms with van der Waals surface area (Å²) in [7, 11) is 0. The molecular formula is C8H12BaO8. The van der Waals surface area contributed by atoms with Crippen molar-refractivity contribution in [2.24, 2.45) is 0 Å². The van der Waals surface area contributed by atoms with E-state index in [0.29, 0.717) is 12.2 Å². The standard InChI is InChI=1S/C4H6O4.C4H4O4.Ba.2H/c2*5-3(6)1-2-4(7)8;;;/h1-2H2,(H,5,6)(H,7,8);1-2H,(H,5,6)(H,7,8);;;/b;2-1-;;;. The molecule has 0 aliphatic carbocycles. The van der Waals surface area contributed by atoms with Crippen LogP contribution in [0.25, 0.3) is 0 Å². The Morgan fingerprint density at radius 1 is 0.706 bits per heavy atom. The molecule has 9 heteroatoms. The molecule has 0 unspecified atom stereocenters. The summed E-state index contributed by atoms with van der Waals surface area (Å²) < 4.78 is 0. The molecule has 0 atom stereocenters. The first kappa shape index (κ1) is 21.5. The first-order valence-electron chi connectivity index (χ1n) is 3.83. The summed E-state index contributed by atoms with van der Waals surface area (Å²) in [4.78, 5) is 38.4. The Bertz CT molecular complexity index is 279. The van der Waals surface area contributed by atoms with Crippen LogP contribution in [0.2, 0.25) is 0 Å². The maximum absolute atomic E-state index is 9.64. The molecule has 0 rings (SSSR count). The summed E-state index contributed by atoms with van der Waals surface area (Å²) in [6.45, 7) is 0. The van der Waals surface area contributed by atoms with E-state index in [4.69, 9.17) is 20.4 Å². The molecule has 0 aromatic carbocycles. The van der Waals surface area contributed by atoms with Gasteiger partial charge in [-0.1, -0.05) is 0 Å². The average Bonchev–Trinajstić information content (AvgIpc) is 2.12. The van der Waals surface area contributed by atoms with Crippen LogP contribution in [0.4, 0.5) is 0 Å². The zero-order chi connectivity index (χ0) is 13.1. The number of carbonyl (C=O) groups is 4. The fraction of sp³-hybridized carbons (Fsp3) is 0.250. The monoisotopic (exact) mass is 374 g/mol. The average molecular weight is 374 g/mol. The second kappa shape index (κ2) is 13.3. The Kier molecular flexibility index (Phi) is 16.7. The molecule has 94 valence electrons. The van der Waals surface area contributed by atoms with E-state index in [1.54, 1.807) is 0 Å². The molecule has 8 nitrogen and oxygen atoms in total. The molecule has 0 bridgehead atoms. The molecule has 0 aromatic heterocycles. The van der Waals surface area contributed by atoms with Crippen molar-refractivity contribution in [1.82, 2.24) is 0 Å². The Hall–Kier alpha value is -0.809. The number of aliphatic carboxylic acids is 4. The predicted octanol–water partition coefficient (Wildman–Crippen LogP) is -1.27. The van der Waals surface area contributed by atoms with Gasteiger partial charge in [0.2, 0.25) is 0 Å². The van der Waals surface area contributed by atoms with E-state index in [9.17, 15) is 19.2 Å². The van der Waals surface area contributed by atoms with Crippen molar-refractivity contribution >= 4 is 72.8 Å². The molecular weight excluding hydrogens is 361 g/mol. The second-order valence-electron chi connectivity index (χ2n) is 2.30. The van der Waals surface area contributed by atoms with Gasteiger partial charge < -0.3 is 20.4 Å². The molecule has 0 fully saturated rings. The number of hydrogen-bond donors (Lipinski definition) is 4. The molecule has 0 spiro atoms. The van der Waals surface area contributed by atoms with Crippen molar-refractivity contribution in [3.05, 3.63) is 12.2 Å². The van der Waals surface area contributed by atoms with Crippen molar-refractivity contribution in [2.75, 3.05) is 0 Å². The zero-order valence-electron chi connectivity index (χ0n) is 7.99. The van der Waals surface area contributed by atoms with E-state index in [1.165, 1.54) is 0 Å². The van der Waals surface area contributed by atoms with E-state index in [1.807, 2.05) is 0 Å². The summed E-state index contributed by atoms with van der Waals surface area (Å²) in [5.41, 5.74) is 0. The minimum absolute atomic E-state index is 0. The Morgan fingerprint density at radius 2 is 0.941 bits per heavy atom. The van der Waals surface area contributed by atoms with Crippen LogP contribution in [0.15, 0.2) is 12.2 Å². The molecule has 4 N–H and O–H groups in total. The Labute approximate surface area is 136 Å². The Balaban J connectivity index is -0.000000218. The van der Waals surface area contributed by atoms with Crippen LogP contribution < -0.4 is 0 Å². The van der Waals surface area contributed by atoms with Crippen LogP contribution in [-0.4, -0.2) is 93.2 Å². The van der Waals surface area contributed by atoms with Gasteiger partial charge in [0.05, 0.1) is 12.8 Å². The molecule has 0 saturated carbocycles. The summed E-state index contributed by atoms with van der Waals surface area (Å²) in [6, 6.07) is 0. The van der Waals surface area contributed by atoms with Crippen LogP contribution in [-0.2, 0) is 19.2 Å². The van der Waals surface area contributed by atoms with Crippen LogP contribution in [0.1, 0.15) is 12.8 Å². The van der Waals surface area contributed by atoms with Crippen molar-refractivity contribution in [1.29, 1.82) is 0 Å². The van der Waals surface area contributed by atoms with Crippen molar-refractivity contribution in [3.63, 3.8) is 0 Å². The molecule has 0 heterocycles. The van der Waals surface area contributed by atoms with E-state index in [2.05, 4.69) is 0 Å². The van der Waals surface area contributed by atoms with E-state index in [-0.39, 0.29) is 61.7 Å². The first-order valence-corrected chi connectivity index (χ1v) is 3.83. The van der Waals surface area contributed by atoms with Gasteiger partial charge in [-0.05, 0) is 0 Å².